The molecule has 6 nitrogen and oxygen atoms in total. The maximum Gasteiger partial charge on any atom is 0.326 e. The first-order valence-corrected chi connectivity index (χ1v) is 10.1. The third kappa shape index (κ3) is 3.45. The smallest absolute Gasteiger partial charge is 0.326 e. The number of hydrogen-bond donors (Lipinski definition) is 1. The van der Waals surface area contributed by atoms with Gasteiger partial charge >= 0.3 is 5.97 Å². The standard InChI is InChI=1S/C17H17NO5S2/c19-16(18-11-5-4-8-13(18)17(20)21)14-9-10-15(24-14)25(22,23)12-6-2-1-3-7-12/h1-3,6-7,9-10,13H,4-5,8,11H2,(H,20,21). The van der Waals surface area contributed by atoms with Gasteiger partial charge in [0.05, 0.1) is 9.77 Å². The van der Waals surface area contributed by atoms with Gasteiger partial charge in [0.25, 0.3) is 5.91 Å². The highest BCUT2D eigenvalue weighted by Gasteiger charge is 2.33. The van der Waals surface area contributed by atoms with E-state index in [0.29, 0.717) is 13.0 Å². The van der Waals surface area contributed by atoms with Crippen molar-refractivity contribution in [2.45, 2.75) is 34.4 Å². The molecule has 1 aromatic heterocycles. The zero-order chi connectivity index (χ0) is 18.0. The highest BCUT2D eigenvalue weighted by molar-refractivity contribution is 7.93. The molecule has 3 rings (SSSR count). The fourth-order valence-corrected chi connectivity index (χ4v) is 5.55. The number of likely N-dealkylation sites (tertiary alicyclic amines) is 1. The quantitative estimate of drug-likeness (QED) is 0.882. The summed E-state index contributed by atoms with van der Waals surface area (Å²) in [5, 5.41) is 9.30. The Labute approximate surface area is 149 Å². The number of carboxylic acid groups (broad SMARTS) is 1. The van der Waals surface area contributed by atoms with Gasteiger partial charge in [-0.1, -0.05) is 18.2 Å². The van der Waals surface area contributed by atoms with Crippen LogP contribution in [0.2, 0.25) is 0 Å². The van der Waals surface area contributed by atoms with E-state index in [2.05, 4.69) is 0 Å². The second-order valence-electron chi connectivity index (χ2n) is 5.78. The summed E-state index contributed by atoms with van der Waals surface area (Å²) in [4.78, 5) is 25.8. The first-order valence-electron chi connectivity index (χ1n) is 7.85. The molecule has 1 aromatic carbocycles. The van der Waals surface area contributed by atoms with Gasteiger partial charge in [-0.15, -0.1) is 11.3 Å². The Morgan fingerprint density at radius 3 is 2.48 bits per heavy atom. The van der Waals surface area contributed by atoms with Crippen LogP contribution in [0, 0.1) is 0 Å². The van der Waals surface area contributed by atoms with Crippen LogP contribution >= 0.6 is 11.3 Å². The summed E-state index contributed by atoms with van der Waals surface area (Å²) in [5.41, 5.74) is 0. The Kier molecular flexibility index (Phi) is 4.91. The van der Waals surface area contributed by atoms with Crippen LogP contribution in [0.25, 0.3) is 0 Å². The largest absolute Gasteiger partial charge is 0.480 e. The van der Waals surface area contributed by atoms with Gasteiger partial charge in [0.15, 0.2) is 0 Å². The Morgan fingerprint density at radius 1 is 1.08 bits per heavy atom. The number of carboxylic acids is 1. The lowest BCUT2D eigenvalue weighted by atomic mass is 10.0. The monoisotopic (exact) mass is 379 g/mol. The van der Waals surface area contributed by atoms with Crippen LogP contribution in [0.1, 0.15) is 28.9 Å². The van der Waals surface area contributed by atoms with Crippen LogP contribution in [0.5, 0.6) is 0 Å². The number of thiophene rings is 1. The van der Waals surface area contributed by atoms with Crippen LogP contribution in [0.4, 0.5) is 0 Å². The molecular formula is C17H17NO5S2. The van der Waals surface area contributed by atoms with Crippen molar-refractivity contribution >= 4 is 33.1 Å². The molecule has 0 spiro atoms. The van der Waals surface area contributed by atoms with Gasteiger partial charge in [0.2, 0.25) is 9.84 Å². The first kappa shape index (κ1) is 17.6. The van der Waals surface area contributed by atoms with Crippen LogP contribution in [0.15, 0.2) is 51.6 Å². The molecule has 1 saturated heterocycles. The van der Waals surface area contributed by atoms with Crippen LogP contribution in [-0.4, -0.2) is 42.9 Å². The summed E-state index contributed by atoms with van der Waals surface area (Å²) < 4.78 is 25.3. The SMILES string of the molecule is O=C(O)C1CCCCN1C(=O)c1ccc(S(=O)(=O)c2ccccc2)s1. The number of nitrogens with zero attached hydrogens (tertiary/aromatic N) is 1. The number of piperidine rings is 1. The lowest BCUT2D eigenvalue weighted by Crippen LogP contribution is -2.47. The predicted octanol–water partition coefficient (Wildman–Crippen LogP) is 2.66. The topological polar surface area (TPSA) is 91.8 Å². The van der Waals surface area contributed by atoms with Gasteiger partial charge in [-0.25, -0.2) is 13.2 Å². The minimum absolute atomic E-state index is 0.0749. The zero-order valence-electron chi connectivity index (χ0n) is 13.3. The number of carbonyl (C=O) groups is 2. The van der Waals surface area contributed by atoms with Crippen molar-refractivity contribution in [3.8, 4) is 0 Å². The summed E-state index contributed by atoms with van der Waals surface area (Å²) in [6, 6.07) is 10.0. The molecule has 1 fully saturated rings. The Morgan fingerprint density at radius 2 is 1.80 bits per heavy atom. The predicted molar refractivity (Wildman–Crippen MR) is 92.5 cm³/mol. The lowest BCUT2D eigenvalue weighted by molar-refractivity contribution is -0.143. The molecule has 1 N–H and O–H groups in total. The third-order valence-corrected chi connectivity index (χ3v) is 7.49. The second-order valence-corrected chi connectivity index (χ2v) is 9.04. The van der Waals surface area contributed by atoms with E-state index >= 15 is 0 Å². The Hall–Kier alpha value is -2.19. The third-order valence-electron chi connectivity index (χ3n) is 4.16. The molecule has 0 saturated carbocycles. The fraction of sp³-hybridized carbons (Fsp3) is 0.294. The zero-order valence-corrected chi connectivity index (χ0v) is 14.9. The minimum Gasteiger partial charge on any atom is -0.480 e. The van der Waals surface area contributed by atoms with E-state index < -0.39 is 27.8 Å². The summed E-state index contributed by atoms with van der Waals surface area (Å²) in [5.74, 6) is -1.45. The van der Waals surface area contributed by atoms with E-state index in [0.717, 1.165) is 24.2 Å². The number of aliphatic carboxylic acids is 1. The van der Waals surface area contributed by atoms with Crippen molar-refractivity contribution in [2.75, 3.05) is 6.54 Å². The molecule has 0 bridgehead atoms. The molecule has 0 aliphatic carbocycles. The molecule has 2 heterocycles. The lowest BCUT2D eigenvalue weighted by Gasteiger charge is -2.32. The van der Waals surface area contributed by atoms with Crippen molar-refractivity contribution in [3.05, 3.63) is 47.3 Å². The van der Waals surface area contributed by atoms with Gasteiger partial charge < -0.3 is 10.0 Å². The molecule has 0 radical (unpaired) electrons. The molecule has 1 unspecified atom stereocenters. The fourth-order valence-electron chi connectivity index (χ4n) is 2.87. The van der Waals surface area contributed by atoms with Gasteiger partial charge in [-0.05, 0) is 43.5 Å². The second kappa shape index (κ2) is 6.97. The van der Waals surface area contributed by atoms with Crippen LogP contribution < -0.4 is 0 Å². The van der Waals surface area contributed by atoms with Gasteiger partial charge in [0.1, 0.15) is 10.3 Å². The van der Waals surface area contributed by atoms with Gasteiger partial charge in [-0.2, -0.15) is 0 Å². The van der Waals surface area contributed by atoms with Crippen molar-refractivity contribution < 1.29 is 23.1 Å². The molecule has 2 aromatic rings. The van der Waals surface area contributed by atoms with E-state index in [-0.39, 0.29) is 14.0 Å². The average Bonchev–Trinajstić information content (AvgIpc) is 3.13. The first-order chi connectivity index (χ1) is 11.9. The molecule has 1 amide bonds. The van der Waals surface area contributed by atoms with E-state index in [1.165, 1.54) is 29.2 Å². The number of sulfone groups is 1. The molecule has 1 aliphatic rings. The van der Waals surface area contributed by atoms with Crippen molar-refractivity contribution in [1.29, 1.82) is 0 Å². The highest BCUT2D eigenvalue weighted by atomic mass is 32.2. The average molecular weight is 379 g/mol. The Balaban J connectivity index is 1.88. The van der Waals surface area contributed by atoms with Crippen LogP contribution in [0.3, 0.4) is 0 Å². The van der Waals surface area contributed by atoms with E-state index in [1.807, 2.05) is 0 Å². The van der Waals surface area contributed by atoms with Gasteiger partial charge in [-0.3, -0.25) is 4.79 Å². The number of amides is 1. The van der Waals surface area contributed by atoms with E-state index in [9.17, 15) is 23.1 Å². The van der Waals surface area contributed by atoms with Crippen molar-refractivity contribution in [3.63, 3.8) is 0 Å². The normalized spacial score (nSPS) is 18.1. The summed E-state index contributed by atoms with van der Waals surface area (Å²) in [6.45, 7) is 0.370. The number of hydrogen-bond acceptors (Lipinski definition) is 5. The number of benzene rings is 1. The molecule has 1 aliphatic heterocycles. The van der Waals surface area contributed by atoms with E-state index in [1.54, 1.807) is 18.2 Å². The maximum atomic E-state index is 12.7. The minimum atomic E-state index is -3.68. The number of rotatable bonds is 4. The van der Waals surface area contributed by atoms with Crippen molar-refractivity contribution in [1.82, 2.24) is 4.90 Å². The molecule has 1 atom stereocenters. The molecule has 25 heavy (non-hydrogen) atoms. The van der Waals surface area contributed by atoms with Crippen LogP contribution in [-0.2, 0) is 14.6 Å². The molecular weight excluding hydrogens is 362 g/mol. The maximum absolute atomic E-state index is 12.7. The van der Waals surface area contributed by atoms with Crippen molar-refractivity contribution in [2.24, 2.45) is 0 Å². The Bertz CT molecular complexity index is 889. The highest BCUT2D eigenvalue weighted by Crippen LogP contribution is 2.30. The van der Waals surface area contributed by atoms with E-state index in [4.69, 9.17) is 0 Å². The summed E-state index contributed by atoms with van der Waals surface area (Å²) in [6.07, 6.45) is 1.93. The number of carbonyl (C=O) groups excluding carboxylic acids is 1. The molecule has 132 valence electrons. The summed E-state index contributed by atoms with van der Waals surface area (Å²) >= 11 is 0.878. The summed E-state index contributed by atoms with van der Waals surface area (Å²) in [7, 11) is -3.68. The van der Waals surface area contributed by atoms with Gasteiger partial charge in [0, 0.05) is 6.54 Å². The molecule has 8 heteroatoms.